The molecule has 0 aliphatic carbocycles. The number of aromatic nitrogens is 1. The van der Waals surface area contributed by atoms with Crippen LogP contribution in [0.4, 0.5) is 0 Å². The normalized spacial score (nSPS) is 22.3. The van der Waals surface area contributed by atoms with Crippen LogP contribution in [0.15, 0.2) is 40.9 Å². The van der Waals surface area contributed by atoms with E-state index in [4.69, 9.17) is 20.9 Å². The molecular formula is C15H15ClN2O3. The minimum atomic E-state index is -0.529. The van der Waals surface area contributed by atoms with Gasteiger partial charge in [0.2, 0.25) is 5.76 Å². The van der Waals surface area contributed by atoms with E-state index < -0.39 is 5.60 Å². The van der Waals surface area contributed by atoms with Crippen LogP contribution in [0.2, 0.25) is 5.15 Å². The van der Waals surface area contributed by atoms with Crippen LogP contribution < -0.4 is 0 Å². The third-order valence-electron chi connectivity index (χ3n) is 3.64. The van der Waals surface area contributed by atoms with Crippen LogP contribution in [0.5, 0.6) is 0 Å². The Hall–Kier alpha value is -1.85. The summed E-state index contributed by atoms with van der Waals surface area (Å²) in [6.45, 7) is 3.42. The Morgan fingerprint density at radius 3 is 2.81 bits per heavy atom. The average Bonchev–Trinajstić information content (AvgIpc) is 2.94. The highest BCUT2D eigenvalue weighted by Crippen LogP contribution is 2.30. The number of morpholine rings is 1. The Kier molecular flexibility index (Phi) is 3.69. The van der Waals surface area contributed by atoms with Gasteiger partial charge in [-0.2, -0.15) is 0 Å². The van der Waals surface area contributed by atoms with E-state index in [1.165, 1.54) is 6.07 Å². The molecule has 0 spiro atoms. The Morgan fingerprint density at radius 2 is 2.14 bits per heavy atom. The Bertz CT molecular complexity index is 643. The summed E-state index contributed by atoms with van der Waals surface area (Å²) in [4.78, 5) is 14.1. The smallest absolute Gasteiger partial charge is 0.292 e. The maximum Gasteiger partial charge on any atom is 0.292 e. The maximum atomic E-state index is 12.4. The summed E-state index contributed by atoms with van der Waals surface area (Å²) in [6.07, 6.45) is 0. The van der Waals surface area contributed by atoms with Crippen molar-refractivity contribution in [1.82, 2.24) is 10.1 Å². The van der Waals surface area contributed by atoms with Crippen molar-refractivity contribution >= 4 is 17.5 Å². The molecule has 0 saturated carbocycles. The van der Waals surface area contributed by atoms with Gasteiger partial charge in [-0.05, 0) is 12.5 Å². The predicted octanol–water partition coefficient (Wildman–Crippen LogP) is 2.72. The maximum absolute atomic E-state index is 12.4. The highest BCUT2D eigenvalue weighted by atomic mass is 35.5. The minimum absolute atomic E-state index is 0.150. The molecule has 1 atom stereocenters. The standard InChI is InChI=1S/C15H15ClN2O3/c1-15(11-5-3-2-4-6-11)10-18(7-8-20-15)14(19)12-9-13(16)17-21-12/h2-6,9H,7-8,10H2,1H3/t15-/m1/s1. The molecule has 1 aliphatic heterocycles. The summed E-state index contributed by atoms with van der Waals surface area (Å²) < 4.78 is 10.8. The molecule has 6 heteroatoms. The number of carbonyl (C=O) groups excluding carboxylic acids is 1. The molecule has 2 aromatic rings. The largest absolute Gasteiger partial charge is 0.367 e. The van der Waals surface area contributed by atoms with Crippen LogP contribution in [-0.4, -0.2) is 35.7 Å². The lowest BCUT2D eigenvalue weighted by Gasteiger charge is -2.40. The van der Waals surface area contributed by atoms with Gasteiger partial charge >= 0.3 is 0 Å². The number of rotatable bonds is 2. The lowest BCUT2D eigenvalue weighted by Crippen LogP contribution is -2.50. The van der Waals surface area contributed by atoms with Gasteiger partial charge in [0.15, 0.2) is 5.15 Å². The van der Waals surface area contributed by atoms with Crippen LogP contribution in [-0.2, 0) is 10.3 Å². The van der Waals surface area contributed by atoms with E-state index in [2.05, 4.69) is 5.16 Å². The first-order valence-corrected chi connectivity index (χ1v) is 7.07. The van der Waals surface area contributed by atoms with Gasteiger partial charge in [0.1, 0.15) is 5.60 Å². The monoisotopic (exact) mass is 306 g/mol. The van der Waals surface area contributed by atoms with Crippen LogP contribution in [0.3, 0.4) is 0 Å². The van der Waals surface area contributed by atoms with Gasteiger partial charge in [0.25, 0.3) is 5.91 Å². The molecule has 110 valence electrons. The summed E-state index contributed by atoms with van der Waals surface area (Å²) in [5.41, 5.74) is 0.511. The molecule has 1 aliphatic rings. The molecular weight excluding hydrogens is 292 g/mol. The van der Waals surface area contributed by atoms with Crippen molar-refractivity contribution in [2.45, 2.75) is 12.5 Å². The number of benzene rings is 1. The predicted molar refractivity (Wildman–Crippen MR) is 77.2 cm³/mol. The van der Waals surface area contributed by atoms with Crippen LogP contribution in [0.25, 0.3) is 0 Å². The van der Waals surface area contributed by atoms with Gasteiger partial charge in [-0.15, -0.1) is 0 Å². The minimum Gasteiger partial charge on any atom is -0.367 e. The molecule has 3 rings (SSSR count). The molecule has 21 heavy (non-hydrogen) atoms. The molecule has 5 nitrogen and oxygen atoms in total. The second-order valence-electron chi connectivity index (χ2n) is 5.19. The van der Waals surface area contributed by atoms with Crippen molar-refractivity contribution in [2.24, 2.45) is 0 Å². The van der Waals surface area contributed by atoms with Crippen LogP contribution in [0.1, 0.15) is 23.0 Å². The molecule has 0 bridgehead atoms. The van der Waals surface area contributed by atoms with Gasteiger partial charge in [-0.1, -0.05) is 47.1 Å². The summed E-state index contributed by atoms with van der Waals surface area (Å²) in [5, 5.41) is 3.72. The van der Waals surface area contributed by atoms with E-state index in [-0.39, 0.29) is 16.8 Å². The first-order chi connectivity index (χ1) is 10.1. The third-order valence-corrected chi connectivity index (χ3v) is 3.82. The molecule has 1 saturated heterocycles. The summed E-state index contributed by atoms with van der Waals surface area (Å²) in [7, 11) is 0. The van der Waals surface area contributed by atoms with Crippen LogP contribution >= 0.6 is 11.6 Å². The number of amides is 1. The van der Waals surface area contributed by atoms with E-state index in [1.54, 1.807) is 4.90 Å². The van der Waals surface area contributed by atoms with Crippen molar-refractivity contribution in [1.29, 1.82) is 0 Å². The highest BCUT2D eigenvalue weighted by molar-refractivity contribution is 6.29. The SMILES string of the molecule is C[C@]1(c2ccccc2)CN(C(=O)c2cc(Cl)no2)CCO1. The number of hydrogen-bond donors (Lipinski definition) is 0. The first kappa shape index (κ1) is 14.1. The second kappa shape index (κ2) is 5.50. The average molecular weight is 307 g/mol. The lowest BCUT2D eigenvalue weighted by atomic mass is 9.94. The molecule has 2 heterocycles. The highest BCUT2D eigenvalue weighted by Gasteiger charge is 2.36. The van der Waals surface area contributed by atoms with Crippen molar-refractivity contribution < 1.29 is 14.1 Å². The molecule has 1 amide bonds. The lowest BCUT2D eigenvalue weighted by molar-refractivity contribution is -0.0936. The summed E-state index contributed by atoms with van der Waals surface area (Å²) >= 11 is 5.70. The van der Waals surface area contributed by atoms with Crippen molar-refractivity contribution in [3.8, 4) is 0 Å². The third kappa shape index (κ3) is 2.80. The van der Waals surface area contributed by atoms with E-state index in [1.807, 2.05) is 37.3 Å². The van der Waals surface area contributed by atoms with Crippen LogP contribution in [0, 0.1) is 0 Å². The van der Waals surface area contributed by atoms with Gasteiger partial charge in [0, 0.05) is 12.6 Å². The number of hydrogen-bond acceptors (Lipinski definition) is 4. The Labute approximate surface area is 127 Å². The molecule has 1 aromatic carbocycles. The molecule has 1 aromatic heterocycles. The number of halogens is 1. The second-order valence-corrected chi connectivity index (χ2v) is 5.57. The number of nitrogens with zero attached hydrogens (tertiary/aromatic N) is 2. The topological polar surface area (TPSA) is 55.6 Å². The number of carbonyl (C=O) groups is 1. The van der Waals surface area contributed by atoms with Gasteiger partial charge in [0.05, 0.1) is 13.2 Å². The van der Waals surface area contributed by atoms with E-state index in [9.17, 15) is 4.79 Å². The summed E-state index contributed by atoms with van der Waals surface area (Å²) in [5.74, 6) is -0.0721. The number of ether oxygens (including phenoxy) is 1. The fourth-order valence-electron chi connectivity index (χ4n) is 2.52. The molecule has 0 radical (unpaired) electrons. The molecule has 0 unspecified atom stereocenters. The van der Waals surface area contributed by atoms with Crippen molar-refractivity contribution in [3.63, 3.8) is 0 Å². The van der Waals surface area contributed by atoms with Crippen molar-refractivity contribution in [3.05, 3.63) is 52.9 Å². The fourth-order valence-corrected chi connectivity index (χ4v) is 2.65. The Balaban J connectivity index is 1.81. The van der Waals surface area contributed by atoms with Gasteiger partial charge < -0.3 is 14.2 Å². The molecule has 0 N–H and O–H groups in total. The zero-order chi connectivity index (χ0) is 14.9. The molecule has 1 fully saturated rings. The van der Waals surface area contributed by atoms with E-state index in [0.717, 1.165) is 5.56 Å². The fraction of sp³-hybridized carbons (Fsp3) is 0.333. The van der Waals surface area contributed by atoms with E-state index in [0.29, 0.717) is 19.7 Å². The van der Waals surface area contributed by atoms with Crippen molar-refractivity contribution in [2.75, 3.05) is 19.7 Å². The Morgan fingerprint density at radius 1 is 1.38 bits per heavy atom. The zero-order valence-electron chi connectivity index (χ0n) is 11.6. The van der Waals surface area contributed by atoms with Gasteiger partial charge in [-0.25, -0.2) is 0 Å². The first-order valence-electron chi connectivity index (χ1n) is 6.69. The quantitative estimate of drug-likeness (QED) is 0.856. The summed E-state index contributed by atoms with van der Waals surface area (Å²) in [6, 6.07) is 11.3. The van der Waals surface area contributed by atoms with E-state index >= 15 is 0 Å². The van der Waals surface area contributed by atoms with Gasteiger partial charge in [-0.3, -0.25) is 4.79 Å². The zero-order valence-corrected chi connectivity index (χ0v) is 12.3.